The van der Waals surface area contributed by atoms with Crippen molar-refractivity contribution in [2.75, 3.05) is 34.4 Å². The Morgan fingerprint density at radius 3 is 2.29 bits per heavy atom. The molecule has 0 saturated carbocycles. The fourth-order valence-corrected chi connectivity index (χ4v) is 4.61. The van der Waals surface area contributed by atoms with Crippen molar-refractivity contribution in [2.24, 2.45) is 0 Å². The van der Waals surface area contributed by atoms with E-state index in [1.54, 1.807) is 24.3 Å². The monoisotopic (exact) mass is 492 g/mol. The van der Waals surface area contributed by atoms with E-state index in [0.717, 1.165) is 27.4 Å². The lowest BCUT2D eigenvalue weighted by molar-refractivity contribution is -0.122. The van der Waals surface area contributed by atoms with E-state index in [-0.39, 0.29) is 23.9 Å². The first-order valence-corrected chi connectivity index (χ1v) is 11.6. The maximum Gasteiger partial charge on any atom is 0.293 e. The Hall–Kier alpha value is -3.98. The molecule has 1 N–H and O–H groups in total. The number of carbonyl (C=O) groups excluding carboxylic acids is 3. The van der Waals surface area contributed by atoms with Gasteiger partial charge in [0, 0.05) is 18.7 Å². The highest BCUT2D eigenvalue weighted by Crippen LogP contribution is 2.40. The van der Waals surface area contributed by atoms with E-state index in [2.05, 4.69) is 5.32 Å². The van der Waals surface area contributed by atoms with Gasteiger partial charge in [0.15, 0.2) is 11.5 Å². The number of methoxy groups -OCH3 is 3. The molecule has 0 aromatic heterocycles. The zero-order chi connectivity index (χ0) is 24.9. The van der Waals surface area contributed by atoms with Gasteiger partial charge in [-0.2, -0.15) is 0 Å². The van der Waals surface area contributed by atoms with E-state index in [1.165, 1.54) is 21.3 Å². The van der Waals surface area contributed by atoms with Crippen molar-refractivity contribution in [3.8, 4) is 17.2 Å². The Morgan fingerprint density at radius 2 is 1.63 bits per heavy atom. The predicted molar refractivity (Wildman–Crippen MR) is 135 cm³/mol. The number of nitrogens with zero attached hydrogens (tertiary/aromatic N) is 1. The molecule has 1 saturated heterocycles. The number of benzene rings is 3. The van der Waals surface area contributed by atoms with E-state index in [9.17, 15) is 14.4 Å². The van der Waals surface area contributed by atoms with Gasteiger partial charge in [-0.15, -0.1) is 0 Å². The normalized spacial score (nSPS) is 14.5. The molecule has 3 aromatic rings. The molecule has 1 heterocycles. The first-order valence-electron chi connectivity index (χ1n) is 10.8. The molecule has 35 heavy (non-hydrogen) atoms. The Morgan fingerprint density at radius 1 is 0.943 bits per heavy atom. The van der Waals surface area contributed by atoms with Crippen LogP contribution in [0.25, 0.3) is 16.8 Å². The van der Waals surface area contributed by atoms with Crippen molar-refractivity contribution in [1.29, 1.82) is 0 Å². The maximum atomic E-state index is 12.9. The molecule has 1 aliphatic heterocycles. The molecule has 0 atom stereocenters. The fraction of sp³-hybridized carbons (Fsp3) is 0.192. The molecule has 180 valence electrons. The Kier molecular flexibility index (Phi) is 7.26. The van der Waals surface area contributed by atoms with E-state index in [1.807, 2.05) is 36.4 Å². The van der Waals surface area contributed by atoms with E-state index < -0.39 is 11.1 Å². The third kappa shape index (κ3) is 5.09. The van der Waals surface area contributed by atoms with Crippen molar-refractivity contribution < 1.29 is 28.6 Å². The van der Waals surface area contributed by atoms with Gasteiger partial charge in [-0.05, 0) is 58.4 Å². The van der Waals surface area contributed by atoms with Crippen LogP contribution in [0.3, 0.4) is 0 Å². The van der Waals surface area contributed by atoms with Crippen LogP contribution >= 0.6 is 11.8 Å². The molecule has 3 aromatic carbocycles. The molecule has 0 aliphatic carbocycles. The van der Waals surface area contributed by atoms with Crippen LogP contribution < -0.4 is 19.5 Å². The van der Waals surface area contributed by atoms with Crippen LogP contribution in [-0.2, 0) is 4.79 Å². The maximum absolute atomic E-state index is 12.9. The van der Waals surface area contributed by atoms with Crippen LogP contribution in [0, 0.1) is 0 Å². The molecule has 1 aliphatic rings. The highest BCUT2D eigenvalue weighted by molar-refractivity contribution is 8.18. The molecular formula is C26H24N2O6S. The van der Waals surface area contributed by atoms with Crippen LogP contribution in [0.2, 0.25) is 0 Å². The van der Waals surface area contributed by atoms with Gasteiger partial charge in [-0.25, -0.2) is 0 Å². The number of hydrogen-bond donors (Lipinski definition) is 1. The van der Waals surface area contributed by atoms with Crippen molar-refractivity contribution in [3.05, 3.63) is 70.6 Å². The first-order chi connectivity index (χ1) is 16.9. The number of nitrogens with one attached hydrogen (secondary N) is 1. The lowest BCUT2D eigenvalue weighted by Crippen LogP contribution is -2.37. The molecule has 8 nitrogen and oxygen atoms in total. The predicted octanol–water partition coefficient (Wildman–Crippen LogP) is 4.33. The second kappa shape index (κ2) is 10.5. The first kappa shape index (κ1) is 24.2. The number of ether oxygens (including phenoxy) is 3. The largest absolute Gasteiger partial charge is 0.493 e. The molecule has 4 rings (SSSR count). The number of carbonyl (C=O) groups is 3. The van der Waals surface area contributed by atoms with Crippen molar-refractivity contribution in [2.45, 2.75) is 0 Å². The zero-order valence-corrected chi connectivity index (χ0v) is 20.3. The number of rotatable bonds is 8. The van der Waals surface area contributed by atoms with Crippen molar-refractivity contribution in [1.82, 2.24) is 10.2 Å². The zero-order valence-electron chi connectivity index (χ0n) is 19.5. The highest BCUT2D eigenvalue weighted by Gasteiger charge is 2.34. The van der Waals surface area contributed by atoms with E-state index in [0.29, 0.717) is 28.4 Å². The van der Waals surface area contributed by atoms with Crippen LogP contribution in [0.4, 0.5) is 4.79 Å². The van der Waals surface area contributed by atoms with Crippen LogP contribution in [0.1, 0.15) is 15.9 Å². The van der Waals surface area contributed by atoms with Gasteiger partial charge in [0.25, 0.3) is 17.1 Å². The summed E-state index contributed by atoms with van der Waals surface area (Å²) in [5.41, 5.74) is 1.13. The van der Waals surface area contributed by atoms with E-state index in [4.69, 9.17) is 14.2 Å². The minimum absolute atomic E-state index is 0.0661. The fourth-order valence-electron chi connectivity index (χ4n) is 3.74. The number of amides is 3. The Balaban J connectivity index is 1.42. The van der Waals surface area contributed by atoms with Crippen molar-refractivity contribution in [3.63, 3.8) is 0 Å². The molecule has 0 spiro atoms. The van der Waals surface area contributed by atoms with Gasteiger partial charge in [0.2, 0.25) is 5.75 Å². The smallest absolute Gasteiger partial charge is 0.293 e. The Bertz CT molecular complexity index is 1310. The number of fused-ring (bicyclic) bond motifs is 1. The van der Waals surface area contributed by atoms with Gasteiger partial charge in [-0.3, -0.25) is 19.3 Å². The highest BCUT2D eigenvalue weighted by atomic mass is 32.2. The molecule has 9 heteroatoms. The Labute approximate surface area is 206 Å². The third-order valence-corrected chi connectivity index (χ3v) is 6.40. The second-order valence-electron chi connectivity index (χ2n) is 7.61. The average molecular weight is 493 g/mol. The van der Waals surface area contributed by atoms with E-state index >= 15 is 0 Å². The van der Waals surface area contributed by atoms with Crippen LogP contribution in [0.15, 0.2) is 59.5 Å². The summed E-state index contributed by atoms with van der Waals surface area (Å²) in [4.78, 5) is 39.3. The van der Waals surface area contributed by atoms with Crippen molar-refractivity contribution >= 4 is 45.7 Å². The molecule has 3 amide bonds. The van der Waals surface area contributed by atoms with Gasteiger partial charge >= 0.3 is 0 Å². The standard InChI is InChI=1S/C26H24N2O6S/c1-32-20-12-16(13-21(33-2)23(20)34-3)14-22-25(30)28(26(31)35-22)11-10-27-24(29)19-9-8-17-6-4-5-7-18(17)15-19/h4-9,12-15H,10-11H2,1-3H3,(H,27,29)/b22-14+. The topological polar surface area (TPSA) is 94.2 Å². The summed E-state index contributed by atoms with van der Waals surface area (Å²) in [5, 5.41) is 4.39. The molecular weight excluding hydrogens is 468 g/mol. The minimum atomic E-state index is -0.422. The summed E-state index contributed by atoms with van der Waals surface area (Å²) in [6.45, 7) is 0.206. The average Bonchev–Trinajstić information content (AvgIpc) is 3.14. The molecule has 0 radical (unpaired) electrons. The minimum Gasteiger partial charge on any atom is -0.493 e. The van der Waals surface area contributed by atoms with Gasteiger partial charge < -0.3 is 19.5 Å². The second-order valence-corrected chi connectivity index (χ2v) is 8.60. The number of hydrogen-bond acceptors (Lipinski definition) is 7. The number of imide groups is 1. The summed E-state index contributed by atoms with van der Waals surface area (Å²) in [5.74, 6) is 0.620. The summed E-state index contributed by atoms with van der Waals surface area (Å²) >= 11 is 0.843. The SMILES string of the molecule is COc1cc(/C=C2/SC(=O)N(CCNC(=O)c3ccc4ccccc4c3)C2=O)cc(OC)c1OC. The quantitative estimate of drug-likeness (QED) is 0.468. The number of thioether (sulfide) groups is 1. The third-order valence-electron chi connectivity index (χ3n) is 5.49. The molecule has 0 bridgehead atoms. The lowest BCUT2D eigenvalue weighted by Gasteiger charge is -2.14. The van der Waals surface area contributed by atoms with Gasteiger partial charge in [0.05, 0.1) is 26.2 Å². The van der Waals surface area contributed by atoms with Crippen LogP contribution in [0.5, 0.6) is 17.2 Å². The van der Waals surface area contributed by atoms with Crippen LogP contribution in [-0.4, -0.2) is 56.4 Å². The molecule has 1 fully saturated rings. The lowest BCUT2D eigenvalue weighted by atomic mass is 10.1. The summed E-state index contributed by atoms with van der Waals surface area (Å²) in [6.07, 6.45) is 1.60. The summed E-state index contributed by atoms with van der Waals surface area (Å²) in [6, 6.07) is 16.6. The van der Waals surface area contributed by atoms with Gasteiger partial charge in [0.1, 0.15) is 0 Å². The van der Waals surface area contributed by atoms with Gasteiger partial charge in [-0.1, -0.05) is 30.3 Å². The molecule has 0 unspecified atom stereocenters. The summed E-state index contributed by atoms with van der Waals surface area (Å²) in [7, 11) is 4.51. The summed E-state index contributed by atoms with van der Waals surface area (Å²) < 4.78 is 16.0.